The Morgan fingerprint density at radius 1 is 0.700 bits per heavy atom. The minimum Gasteiger partial charge on any atom is -0.364 e. The molecule has 0 aliphatic carbocycles. The number of ether oxygens (including phenoxy) is 2. The quantitative estimate of drug-likeness (QED) is 0.411. The zero-order valence-electron chi connectivity index (χ0n) is 18.0. The number of rotatable bonds is 9. The van der Waals surface area contributed by atoms with Gasteiger partial charge in [0.25, 0.3) is 0 Å². The average Bonchev–Trinajstić information content (AvgIpc) is 3.38. The second-order valence-corrected chi connectivity index (χ2v) is 10.9. The topological polar surface area (TPSA) is 24.9 Å². The first kappa shape index (κ1) is 22.2. The number of benzene rings is 2. The van der Waals surface area contributed by atoms with E-state index < -0.39 is 0 Å². The lowest BCUT2D eigenvalue weighted by Gasteiger charge is -2.23. The van der Waals surface area contributed by atoms with Crippen LogP contribution in [0.2, 0.25) is 0 Å². The molecule has 2 fully saturated rings. The smallest absolute Gasteiger partial charge is 0.0997 e. The molecular formula is C24H32N2O2S2. The predicted molar refractivity (Wildman–Crippen MR) is 128 cm³/mol. The van der Waals surface area contributed by atoms with Crippen LogP contribution in [0.25, 0.3) is 0 Å². The summed E-state index contributed by atoms with van der Waals surface area (Å²) in [6, 6.07) is 18.7. The van der Waals surface area contributed by atoms with Gasteiger partial charge >= 0.3 is 0 Å². The molecule has 0 unspecified atom stereocenters. The summed E-state index contributed by atoms with van der Waals surface area (Å²) in [4.78, 5) is 4.92. The molecule has 2 aromatic rings. The van der Waals surface area contributed by atoms with E-state index in [2.05, 4.69) is 72.2 Å². The van der Waals surface area contributed by atoms with Crippen LogP contribution < -0.4 is 0 Å². The van der Waals surface area contributed by atoms with E-state index in [0.717, 1.165) is 51.3 Å². The molecule has 2 heterocycles. The molecule has 0 N–H and O–H groups in total. The summed E-state index contributed by atoms with van der Waals surface area (Å²) in [5.74, 6) is 2.20. The van der Waals surface area contributed by atoms with E-state index in [9.17, 15) is 0 Å². The molecule has 0 spiro atoms. The zero-order chi connectivity index (χ0) is 20.8. The standard InChI is InChI=1S/C24H32N2O2S2/c1-19-3-7-21(8-4-19)11-25-17-27-13-23(25)15-29-30-16-24-14-28-18-26(24)12-22-9-5-20(2)6-10-22/h3-10,23-24H,11-18H2,1-2H3/t23-,24-/m1/s1. The maximum atomic E-state index is 5.76. The number of aryl methyl sites for hydroxylation is 2. The molecular weight excluding hydrogens is 412 g/mol. The van der Waals surface area contributed by atoms with Gasteiger partial charge in [-0.25, -0.2) is 0 Å². The third kappa shape index (κ3) is 6.25. The lowest BCUT2D eigenvalue weighted by atomic mass is 10.1. The Balaban J connectivity index is 1.19. The van der Waals surface area contributed by atoms with Crippen molar-refractivity contribution in [2.24, 2.45) is 0 Å². The molecule has 4 rings (SSSR count). The molecule has 2 saturated heterocycles. The summed E-state index contributed by atoms with van der Waals surface area (Å²) in [5.41, 5.74) is 5.35. The molecule has 0 aromatic heterocycles. The van der Waals surface area contributed by atoms with Gasteiger partial charge in [-0.05, 0) is 25.0 Å². The molecule has 0 bridgehead atoms. The van der Waals surface area contributed by atoms with Gasteiger partial charge in [-0.15, -0.1) is 0 Å². The van der Waals surface area contributed by atoms with E-state index >= 15 is 0 Å². The van der Waals surface area contributed by atoms with Gasteiger partial charge in [-0.2, -0.15) is 0 Å². The fourth-order valence-electron chi connectivity index (χ4n) is 3.80. The Bertz CT molecular complexity index is 717. The maximum absolute atomic E-state index is 5.76. The summed E-state index contributed by atoms with van der Waals surface area (Å²) < 4.78 is 11.5. The van der Waals surface area contributed by atoms with Crippen molar-refractivity contribution in [1.82, 2.24) is 9.80 Å². The Hall–Kier alpha value is -1.02. The summed E-state index contributed by atoms with van der Waals surface area (Å²) >= 11 is 0. The Morgan fingerprint density at radius 2 is 1.10 bits per heavy atom. The normalized spacial score (nSPS) is 22.7. The molecule has 2 atom stereocenters. The maximum Gasteiger partial charge on any atom is 0.0997 e. The second-order valence-electron chi connectivity index (χ2n) is 8.34. The van der Waals surface area contributed by atoms with Gasteiger partial charge in [0, 0.05) is 36.7 Å². The lowest BCUT2D eigenvalue weighted by Crippen LogP contribution is -2.33. The number of hydrogen-bond donors (Lipinski definition) is 0. The zero-order valence-corrected chi connectivity index (χ0v) is 19.6. The number of nitrogens with zero attached hydrogens (tertiary/aromatic N) is 2. The van der Waals surface area contributed by atoms with E-state index in [1.165, 1.54) is 22.3 Å². The van der Waals surface area contributed by atoms with E-state index in [4.69, 9.17) is 9.47 Å². The van der Waals surface area contributed by atoms with Crippen LogP contribution in [-0.2, 0) is 22.6 Å². The molecule has 2 aliphatic rings. The van der Waals surface area contributed by atoms with Crippen molar-refractivity contribution >= 4 is 21.6 Å². The van der Waals surface area contributed by atoms with Crippen LogP contribution in [0, 0.1) is 13.8 Å². The monoisotopic (exact) mass is 444 g/mol. The van der Waals surface area contributed by atoms with Crippen LogP contribution in [0.4, 0.5) is 0 Å². The van der Waals surface area contributed by atoms with Gasteiger partial charge in [-0.3, -0.25) is 9.80 Å². The van der Waals surface area contributed by atoms with Crippen LogP contribution in [0.1, 0.15) is 22.3 Å². The molecule has 4 nitrogen and oxygen atoms in total. The minimum atomic E-state index is 0.493. The van der Waals surface area contributed by atoms with Crippen molar-refractivity contribution in [3.63, 3.8) is 0 Å². The third-order valence-corrected chi connectivity index (χ3v) is 8.31. The predicted octanol–water partition coefficient (Wildman–Crippen LogP) is 4.70. The second kappa shape index (κ2) is 11.0. The highest BCUT2D eigenvalue weighted by Crippen LogP contribution is 2.29. The summed E-state index contributed by atoms with van der Waals surface area (Å²) in [5, 5.41) is 0. The van der Waals surface area contributed by atoms with E-state index in [0.29, 0.717) is 12.1 Å². The minimum absolute atomic E-state index is 0.493. The van der Waals surface area contributed by atoms with Crippen molar-refractivity contribution in [1.29, 1.82) is 0 Å². The van der Waals surface area contributed by atoms with E-state index in [-0.39, 0.29) is 0 Å². The highest BCUT2D eigenvalue weighted by molar-refractivity contribution is 8.76. The number of hydrogen-bond acceptors (Lipinski definition) is 6. The first-order valence-electron chi connectivity index (χ1n) is 10.7. The summed E-state index contributed by atoms with van der Waals surface area (Å²) in [6.07, 6.45) is 0. The van der Waals surface area contributed by atoms with Crippen molar-refractivity contribution < 1.29 is 9.47 Å². The summed E-state index contributed by atoms with van der Waals surface area (Å²) in [6.45, 7) is 9.37. The fourth-order valence-corrected chi connectivity index (χ4v) is 6.44. The van der Waals surface area contributed by atoms with Crippen LogP contribution in [0.5, 0.6) is 0 Å². The Kier molecular flexibility index (Phi) is 8.15. The van der Waals surface area contributed by atoms with Gasteiger partial charge in [0.1, 0.15) is 0 Å². The molecule has 2 aromatic carbocycles. The van der Waals surface area contributed by atoms with Gasteiger partial charge in [-0.1, -0.05) is 81.2 Å². The highest BCUT2D eigenvalue weighted by Gasteiger charge is 2.27. The molecule has 0 saturated carbocycles. The summed E-state index contributed by atoms with van der Waals surface area (Å²) in [7, 11) is 3.95. The third-order valence-electron chi connectivity index (χ3n) is 5.78. The SMILES string of the molecule is Cc1ccc(CN2COC[C@@H]2CSSC[C@H]2COCN2Cc2ccc(C)cc2)cc1. The van der Waals surface area contributed by atoms with Gasteiger partial charge in [0.05, 0.1) is 26.7 Å². The first-order valence-corrected chi connectivity index (χ1v) is 13.2. The molecule has 162 valence electrons. The van der Waals surface area contributed by atoms with Crippen LogP contribution in [-0.4, -0.2) is 60.1 Å². The van der Waals surface area contributed by atoms with Gasteiger partial charge in [0.2, 0.25) is 0 Å². The highest BCUT2D eigenvalue weighted by atomic mass is 33.1. The van der Waals surface area contributed by atoms with E-state index in [1.807, 2.05) is 21.6 Å². The molecule has 0 amide bonds. The largest absolute Gasteiger partial charge is 0.364 e. The van der Waals surface area contributed by atoms with Crippen LogP contribution in [0.3, 0.4) is 0 Å². The van der Waals surface area contributed by atoms with Crippen LogP contribution >= 0.6 is 21.6 Å². The molecule has 0 radical (unpaired) electrons. The fraction of sp³-hybridized carbons (Fsp3) is 0.500. The lowest BCUT2D eigenvalue weighted by molar-refractivity contribution is 0.135. The van der Waals surface area contributed by atoms with Crippen LogP contribution in [0.15, 0.2) is 48.5 Å². The van der Waals surface area contributed by atoms with Crippen molar-refractivity contribution in [3.8, 4) is 0 Å². The molecule has 6 heteroatoms. The Morgan fingerprint density at radius 3 is 1.50 bits per heavy atom. The molecule has 2 aliphatic heterocycles. The van der Waals surface area contributed by atoms with Crippen molar-refractivity contribution in [2.75, 3.05) is 38.2 Å². The average molecular weight is 445 g/mol. The van der Waals surface area contributed by atoms with Gasteiger partial charge < -0.3 is 9.47 Å². The van der Waals surface area contributed by atoms with Crippen molar-refractivity contribution in [3.05, 3.63) is 70.8 Å². The van der Waals surface area contributed by atoms with Crippen molar-refractivity contribution in [2.45, 2.75) is 39.0 Å². The first-order chi connectivity index (χ1) is 14.7. The molecule has 30 heavy (non-hydrogen) atoms. The van der Waals surface area contributed by atoms with Gasteiger partial charge in [0.15, 0.2) is 0 Å². The Labute approximate surface area is 188 Å². The van der Waals surface area contributed by atoms with E-state index in [1.54, 1.807) is 0 Å².